The second-order valence-corrected chi connectivity index (χ2v) is 18.3. The van der Waals surface area contributed by atoms with E-state index in [0.717, 1.165) is 11.3 Å². The van der Waals surface area contributed by atoms with Crippen LogP contribution in [0.25, 0.3) is 0 Å². The molecule has 3 N–H and O–H groups in total. The van der Waals surface area contributed by atoms with Gasteiger partial charge in [0, 0.05) is 48.7 Å². The zero-order valence-electron chi connectivity index (χ0n) is 38.9. The van der Waals surface area contributed by atoms with Crippen LogP contribution in [0.15, 0.2) is 109 Å². The molecule has 18 heteroatoms. The lowest BCUT2D eigenvalue weighted by molar-refractivity contribution is -0.173. The molecule has 0 aromatic heterocycles. The van der Waals surface area contributed by atoms with Crippen molar-refractivity contribution in [3.63, 3.8) is 0 Å². The maximum absolute atomic E-state index is 13.3. The van der Waals surface area contributed by atoms with Gasteiger partial charge in [0.25, 0.3) is 0 Å². The first-order chi connectivity index (χ1) is 31.9. The van der Waals surface area contributed by atoms with Crippen LogP contribution < -0.4 is 20.9 Å². The van der Waals surface area contributed by atoms with Gasteiger partial charge >= 0.3 is 24.3 Å². The van der Waals surface area contributed by atoms with Gasteiger partial charge in [-0.2, -0.15) is 13.2 Å². The number of amides is 5. The molecule has 4 aromatic carbocycles. The number of ketones is 2. The van der Waals surface area contributed by atoms with E-state index in [1.807, 2.05) is 69.3 Å². The molecular weight excluding hydrogens is 886 g/mol. The molecule has 0 spiro atoms. The monoisotopic (exact) mass is 942 g/mol. The number of alkyl halides is 3. The Morgan fingerprint density at radius 2 is 0.926 bits per heavy atom. The third-order valence-corrected chi connectivity index (χ3v) is 10.5. The van der Waals surface area contributed by atoms with E-state index in [1.165, 1.54) is 17.0 Å². The molecule has 362 valence electrons. The standard InChI is InChI=1S/C26H28F3N3O5.C24H29N3O4/c1-25(2,3)37-24(36)31-15-19(16-31)22(34)32(20-7-5-4-6-8-20)14-17-9-11-18(12-10-17)21(33)13-30-23(35)26(27,28)29;1-24(2,3)31-23(30)26-15-19(16-26)22(29)27(20-7-5-4-6-8-20)14-17-9-11-18(12-10-17)21(28)13-25/h4-12,19H,13-16H2,1-3H3,(H,30,35);4-12,19H,13-16,25H2,1-3H3. The normalized spacial score (nSPS) is 14.0. The van der Waals surface area contributed by atoms with Gasteiger partial charge in [-0.05, 0) is 76.9 Å². The summed E-state index contributed by atoms with van der Waals surface area (Å²) in [4.78, 5) is 92.2. The lowest BCUT2D eigenvalue weighted by Crippen LogP contribution is -2.57. The number of anilines is 2. The number of likely N-dealkylation sites (tertiary alicyclic amines) is 2. The van der Waals surface area contributed by atoms with Gasteiger partial charge in [-0.25, -0.2) is 9.59 Å². The number of nitrogens with zero attached hydrogens (tertiary/aromatic N) is 4. The summed E-state index contributed by atoms with van der Waals surface area (Å²) in [5, 5.41) is 1.55. The van der Waals surface area contributed by atoms with Crippen LogP contribution in [-0.2, 0) is 36.9 Å². The third kappa shape index (κ3) is 14.7. The number of halogens is 3. The van der Waals surface area contributed by atoms with Crippen molar-refractivity contribution in [2.75, 3.05) is 49.1 Å². The smallest absolute Gasteiger partial charge is 0.444 e. The largest absolute Gasteiger partial charge is 0.471 e. The number of nitrogens with two attached hydrogens (primary N) is 1. The summed E-state index contributed by atoms with van der Waals surface area (Å²) in [6, 6.07) is 31.6. The highest BCUT2D eigenvalue weighted by atomic mass is 19.4. The Morgan fingerprint density at radius 1 is 0.574 bits per heavy atom. The molecule has 0 aliphatic carbocycles. The number of hydrogen-bond acceptors (Lipinski definition) is 10. The molecule has 5 amide bonds. The van der Waals surface area contributed by atoms with Crippen LogP contribution in [0.2, 0.25) is 0 Å². The minimum absolute atomic E-state index is 0.0379. The summed E-state index contributed by atoms with van der Waals surface area (Å²) in [7, 11) is 0. The second kappa shape index (κ2) is 22.1. The van der Waals surface area contributed by atoms with E-state index in [-0.39, 0.29) is 55.3 Å². The van der Waals surface area contributed by atoms with Crippen molar-refractivity contribution in [1.29, 1.82) is 0 Å². The highest BCUT2D eigenvalue weighted by Crippen LogP contribution is 2.28. The van der Waals surface area contributed by atoms with Crippen LogP contribution in [0.4, 0.5) is 34.1 Å². The fourth-order valence-corrected chi connectivity index (χ4v) is 6.91. The number of hydrogen-bond donors (Lipinski definition) is 2. The molecule has 2 aliphatic rings. The van der Waals surface area contributed by atoms with Gasteiger partial charge in [0.2, 0.25) is 11.8 Å². The summed E-state index contributed by atoms with van der Waals surface area (Å²) in [5.41, 5.74) is 7.89. The Balaban J connectivity index is 0.000000258. The Kier molecular flexibility index (Phi) is 16.9. The predicted molar refractivity (Wildman–Crippen MR) is 248 cm³/mol. The SMILES string of the molecule is CC(C)(C)OC(=O)N1CC(C(=O)N(Cc2ccc(C(=O)CN)cc2)c2ccccc2)C1.CC(C)(C)OC(=O)N1CC(C(=O)N(Cc2ccc(C(=O)CNC(=O)C(F)(F)F)cc2)c2ccccc2)C1. The summed E-state index contributed by atoms with van der Waals surface area (Å²) in [6.07, 6.45) is -5.94. The Morgan fingerprint density at radius 3 is 1.25 bits per heavy atom. The van der Waals surface area contributed by atoms with E-state index in [2.05, 4.69) is 0 Å². The van der Waals surface area contributed by atoms with Gasteiger partial charge in [-0.15, -0.1) is 0 Å². The van der Waals surface area contributed by atoms with Gasteiger partial charge in [0.15, 0.2) is 11.6 Å². The number of nitrogens with one attached hydrogen (secondary N) is 1. The molecule has 2 fully saturated rings. The van der Waals surface area contributed by atoms with E-state index in [4.69, 9.17) is 15.2 Å². The first-order valence-electron chi connectivity index (χ1n) is 21.9. The minimum atomic E-state index is -5.07. The fraction of sp³-hybridized carbons (Fsp3) is 0.380. The molecule has 0 saturated carbocycles. The molecule has 68 heavy (non-hydrogen) atoms. The average molecular weight is 943 g/mol. The quantitative estimate of drug-likeness (QED) is 0.130. The van der Waals surface area contributed by atoms with E-state index in [0.29, 0.717) is 36.4 Å². The number of carbonyl (C=O) groups excluding carboxylic acids is 7. The van der Waals surface area contributed by atoms with E-state index >= 15 is 0 Å². The van der Waals surface area contributed by atoms with Crippen molar-refractivity contribution in [2.24, 2.45) is 17.6 Å². The maximum atomic E-state index is 13.3. The van der Waals surface area contributed by atoms with Crippen LogP contribution in [0, 0.1) is 11.8 Å². The Bertz CT molecular complexity index is 2410. The highest BCUT2D eigenvalue weighted by molar-refractivity contribution is 6.00. The minimum Gasteiger partial charge on any atom is -0.444 e. The van der Waals surface area contributed by atoms with Crippen LogP contribution >= 0.6 is 0 Å². The van der Waals surface area contributed by atoms with Crippen molar-refractivity contribution in [3.05, 3.63) is 131 Å². The van der Waals surface area contributed by atoms with Crippen LogP contribution in [-0.4, -0.2) is 108 Å². The van der Waals surface area contributed by atoms with E-state index in [1.54, 1.807) is 89.3 Å². The van der Waals surface area contributed by atoms with Gasteiger partial charge in [-0.3, -0.25) is 24.0 Å². The van der Waals surface area contributed by atoms with Crippen molar-refractivity contribution < 1.29 is 56.2 Å². The topological polar surface area (TPSA) is 189 Å². The van der Waals surface area contributed by atoms with Crippen molar-refractivity contribution in [1.82, 2.24) is 15.1 Å². The molecule has 4 aromatic rings. The summed E-state index contributed by atoms with van der Waals surface area (Å²) in [6.45, 7) is 11.6. The van der Waals surface area contributed by atoms with Crippen molar-refractivity contribution in [2.45, 2.75) is 72.0 Å². The average Bonchev–Trinajstić information content (AvgIpc) is 3.24. The lowest BCUT2D eigenvalue weighted by atomic mass is 9.98. The summed E-state index contributed by atoms with van der Waals surface area (Å²) < 4.78 is 47.7. The van der Waals surface area contributed by atoms with Gasteiger partial charge < -0.3 is 40.1 Å². The molecule has 2 saturated heterocycles. The van der Waals surface area contributed by atoms with Crippen LogP contribution in [0.3, 0.4) is 0 Å². The molecular formula is C50H57F3N6O9. The third-order valence-electron chi connectivity index (χ3n) is 10.5. The van der Waals surface area contributed by atoms with Crippen LogP contribution in [0.5, 0.6) is 0 Å². The molecule has 2 heterocycles. The molecule has 6 rings (SSSR count). The maximum Gasteiger partial charge on any atom is 0.471 e. The fourth-order valence-electron chi connectivity index (χ4n) is 6.91. The molecule has 0 atom stereocenters. The lowest BCUT2D eigenvalue weighted by Gasteiger charge is -2.41. The molecule has 0 radical (unpaired) electrons. The number of carbonyl (C=O) groups is 7. The Labute approximate surface area is 393 Å². The van der Waals surface area contributed by atoms with Gasteiger partial charge in [-0.1, -0.05) is 84.9 Å². The molecule has 0 unspecified atom stereocenters. The van der Waals surface area contributed by atoms with Gasteiger partial charge in [0.1, 0.15) is 11.2 Å². The van der Waals surface area contributed by atoms with E-state index in [9.17, 15) is 46.7 Å². The van der Waals surface area contributed by atoms with Crippen molar-refractivity contribution in [3.8, 4) is 0 Å². The number of ether oxygens (including phenoxy) is 2. The van der Waals surface area contributed by atoms with Crippen molar-refractivity contribution >= 4 is 52.8 Å². The second-order valence-electron chi connectivity index (χ2n) is 18.3. The zero-order chi connectivity index (χ0) is 50.0. The Hall–Kier alpha value is -7.08. The summed E-state index contributed by atoms with van der Waals surface area (Å²) >= 11 is 0. The summed E-state index contributed by atoms with van der Waals surface area (Å²) in [5.74, 6) is -3.92. The number of Topliss-reactive ketones (excluding diaryl/α,β-unsaturated/α-hetero) is 2. The zero-order valence-corrected chi connectivity index (χ0v) is 38.9. The first-order valence-corrected chi connectivity index (χ1v) is 21.9. The van der Waals surface area contributed by atoms with E-state index < -0.39 is 53.7 Å². The first kappa shape index (κ1) is 51.9. The highest BCUT2D eigenvalue weighted by Gasteiger charge is 2.42. The molecule has 15 nitrogen and oxygen atoms in total. The molecule has 2 aliphatic heterocycles. The van der Waals surface area contributed by atoms with Gasteiger partial charge in [0.05, 0.1) is 38.0 Å². The molecule has 0 bridgehead atoms. The predicted octanol–water partition coefficient (Wildman–Crippen LogP) is 7.18. The number of para-hydroxylation sites is 2. The number of benzene rings is 4. The van der Waals surface area contributed by atoms with Crippen LogP contribution in [0.1, 0.15) is 73.4 Å². The number of rotatable bonds is 13.